The number of alkyl halides is 3. The van der Waals surface area contributed by atoms with Crippen LogP contribution in [0, 0.1) is 5.92 Å². The van der Waals surface area contributed by atoms with Crippen molar-refractivity contribution in [2.24, 2.45) is 5.92 Å². The van der Waals surface area contributed by atoms with Crippen molar-refractivity contribution in [3.63, 3.8) is 0 Å². The summed E-state index contributed by atoms with van der Waals surface area (Å²) < 4.78 is 43.3. The normalized spacial score (nSPS) is 19.7. The topological polar surface area (TPSA) is 41.6 Å². The van der Waals surface area contributed by atoms with Gasteiger partial charge in [-0.2, -0.15) is 13.2 Å². The molecule has 1 amide bonds. The summed E-state index contributed by atoms with van der Waals surface area (Å²) in [4.78, 5) is 13.5. The number of methoxy groups -OCH3 is 1. The Morgan fingerprint density at radius 2 is 2.23 bits per heavy atom. The van der Waals surface area contributed by atoms with E-state index in [1.807, 2.05) is 0 Å². The molecule has 0 bridgehead atoms. The van der Waals surface area contributed by atoms with E-state index in [1.165, 1.54) is 7.11 Å². The summed E-state index contributed by atoms with van der Waals surface area (Å²) >= 11 is 0. The van der Waals surface area contributed by atoms with E-state index in [2.05, 4.69) is 5.32 Å². The molecule has 1 atom stereocenters. The summed E-state index contributed by atoms with van der Waals surface area (Å²) in [6, 6.07) is 6.84. The number of anilines is 1. The highest BCUT2D eigenvalue weighted by atomic mass is 19.4. The predicted octanol–water partition coefficient (Wildman–Crippen LogP) is 2.91. The monoisotopic (exact) mass is 316 g/mol. The van der Waals surface area contributed by atoms with Crippen LogP contribution in [0.1, 0.15) is 12.8 Å². The number of benzene rings is 1. The van der Waals surface area contributed by atoms with Crippen molar-refractivity contribution in [2.45, 2.75) is 19.0 Å². The Morgan fingerprint density at radius 1 is 1.45 bits per heavy atom. The van der Waals surface area contributed by atoms with Gasteiger partial charge in [0.05, 0.1) is 19.6 Å². The first-order chi connectivity index (χ1) is 10.4. The summed E-state index contributed by atoms with van der Waals surface area (Å²) in [5.41, 5.74) is 0.564. The van der Waals surface area contributed by atoms with E-state index in [0.29, 0.717) is 24.4 Å². The lowest BCUT2D eigenvalue weighted by atomic mass is 9.97. The lowest BCUT2D eigenvalue weighted by Crippen LogP contribution is -2.44. The molecule has 1 aliphatic heterocycles. The number of likely N-dealkylation sites (tertiary alicyclic amines) is 1. The molecule has 0 saturated carbocycles. The molecule has 0 radical (unpaired) electrons. The molecule has 0 aromatic heterocycles. The molecular formula is C15H19F3N2O2. The maximum Gasteiger partial charge on any atom is 0.393 e. The fraction of sp³-hybridized carbons (Fsp3) is 0.533. The molecule has 1 saturated heterocycles. The molecule has 4 nitrogen and oxygen atoms in total. The highest BCUT2D eigenvalue weighted by Gasteiger charge is 2.41. The molecular weight excluding hydrogens is 297 g/mol. The number of halogens is 3. The van der Waals surface area contributed by atoms with E-state index in [9.17, 15) is 18.0 Å². The smallest absolute Gasteiger partial charge is 0.393 e. The zero-order valence-corrected chi connectivity index (χ0v) is 12.3. The minimum atomic E-state index is -4.19. The summed E-state index contributed by atoms with van der Waals surface area (Å²) in [6.07, 6.45) is -3.60. The number of nitrogens with zero attached hydrogens (tertiary/aromatic N) is 1. The van der Waals surface area contributed by atoms with Gasteiger partial charge in [-0.15, -0.1) is 0 Å². The van der Waals surface area contributed by atoms with Crippen molar-refractivity contribution < 1.29 is 22.7 Å². The van der Waals surface area contributed by atoms with Crippen LogP contribution in [0.4, 0.5) is 18.9 Å². The van der Waals surface area contributed by atoms with E-state index in [0.717, 1.165) is 0 Å². The van der Waals surface area contributed by atoms with Gasteiger partial charge in [-0.1, -0.05) is 6.07 Å². The Morgan fingerprint density at radius 3 is 2.91 bits per heavy atom. The number of hydrogen-bond acceptors (Lipinski definition) is 3. The number of carbonyl (C=O) groups is 1. The Kier molecular flexibility index (Phi) is 5.28. The molecule has 1 aliphatic rings. The van der Waals surface area contributed by atoms with Crippen molar-refractivity contribution in [2.75, 3.05) is 32.1 Å². The fourth-order valence-electron chi connectivity index (χ4n) is 2.57. The van der Waals surface area contributed by atoms with Crippen LogP contribution in [0.3, 0.4) is 0 Å². The highest BCUT2D eigenvalue weighted by molar-refractivity contribution is 5.92. The van der Waals surface area contributed by atoms with Gasteiger partial charge in [-0.25, -0.2) is 0 Å². The van der Waals surface area contributed by atoms with Crippen LogP contribution in [0.15, 0.2) is 24.3 Å². The zero-order valence-electron chi connectivity index (χ0n) is 12.3. The van der Waals surface area contributed by atoms with Gasteiger partial charge in [0.25, 0.3) is 0 Å². The van der Waals surface area contributed by atoms with Gasteiger partial charge in [-0.3, -0.25) is 9.69 Å². The third kappa shape index (κ3) is 4.62. The number of rotatable bonds is 4. The highest BCUT2D eigenvalue weighted by Crippen LogP contribution is 2.33. The van der Waals surface area contributed by atoms with Crippen LogP contribution in [0.2, 0.25) is 0 Å². The number of hydrogen-bond donors (Lipinski definition) is 1. The molecule has 7 heteroatoms. The number of piperidine rings is 1. The minimum absolute atomic E-state index is 0.0379. The minimum Gasteiger partial charge on any atom is -0.497 e. The summed E-state index contributed by atoms with van der Waals surface area (Å²) in [7, 11) is 1.52. The first-order valence-electron chi connectivity index (χ1n) is 7.11. The molecule has 1 aromatic rings. The average molecular weight is 316 g/mol. The largest absolute Gasteiger partial charge is 0.497 e. The quantitative estimate of drug-likeness (QED) is 0.928. The van der Waals surface area contributed by atoms with Gasteiger partial charge >= 0.3 is 6.18 Å². The van der Waals surface area contributed by atoms with Gasteiger partial charge in [-0.05, 0) is 31.5 Å². The molecule has 22 heavy (non-hydrogen) atoms. The van der Waals surface area contributed by atoms with Crippen LogP contribution in [-0.2, 0) is 4.79 Å². The zero-order chi connectivity index (χ0) is 16.2. The van der Waals surface area contributed by atoms with E-state index >= 15 is 0 Å². The Bertz CT molecular complexity index is 520. The molecule has 0 unspecified atom stereocenters. The maximum absolute atomic E-state index is 12.7. The second-order valence-electron chi connectivity index (χ2n) is 5.40. The third-order valence-electron chi connectivity index (χ3n) is 3.69. The first-order valence-corrected chi connectivity index (χ1v) is 7.11. The summed E-state index contributed by atoms with van der Waals surface area (Å²) in [6.45, 7) is 0.358. The fourth-order valence-corrected chi connectivity index (χ4v) is 2.57. The molecule has 1 fully saturated rings. The lowest BCUT2D eigenvalue weighted by molar-refractivity contribution is -0.186. The Balaban J connectivity index is 1.88. The Labute approximate surface area is 127 Å². The van der Waals surface area contributed by atoms with Gasteiger partial charge in [0.2, 0.25) is 5.91 Å². The van der Waals surface area contributed by atoms with Crippen LogP contribution >= 0.6 is 0 Å². The Hall–Kier alpha value is -1.76. The molecule has 1 heterocycles. The van der Waals surface area contributed by atoms with Gasteiger partial charge in [0.15, 0.2) is 0 Å². The molecule has 122 valence electrons. The van der Waals surface area contributed by atoms with E-state index in [-0.39, 0.29) is 25.4 Å². The summed E-state index contributed by atoms with van der Waals surface area (Å²) in [5, 5.41) is 2.68. The van der Waals surface area contributed by atoms with Crippen molar-refractivity contribution in [3.05, 3.63) is 24.3 Å². The van der Waals surface area contributed by atoms with E-state index in [4.69, 9.17) is 4.74 Å². The van der Waals surface area contributed by atoms with Crippen molar-refractivity contribution >= 4 is 11.6 Å². The van der Waals surface area contributed by atoms with Crippen molar-refractivity contribution in [1.82, 2.24) is 4.90 Å². The number of amides is 1. The van der Waals surface area contributed by atoms with Crippen molar-refractivity contribution in [1.29, 1.82) is 0 Å². The average Bonchev–Trinajstić information content (AvgIpc) is 2.46. The van der Waals surface area contributed by atoms with Crippen LogP contribution in [-0.4, -0.2) is 43.7 Å². The molecule has 0 aliphatic carbocycles. The number of nitrogens with one attached hydrogen (secondary N) is 1. The van der Waals surface area contributed by atoms with Gasteiger partial charge < -0.3 is 10.1 Å². The molecule has 1 N–H and O–H groups in total. The van der Waals surface area contributed by atoms with Crippen LogP contribution in [0.5, 0.6) is 5.75 Å². The standard InChI is InChI=1S/C15H19F3N2O2/c1-22-13-6-2-5-12(8-13)19-14(21)10-20-7-3-4-11(9-20)15(16,17)18/h2,5-6,8,11H,3-4,7,9-10H2,1H3,(H,19,21)/t11-/m0/s1. The van der Waals surface area contributed by atoms with Crippen LogP contribution < -0.4 is 10.1 Å². The number of ether oxygens (including phenoxy) is 1. The second kappa shape index (κ2) is 7.00. The second-order valence-corrected chi connectivity index (χ2v) is 5.40. The van der Waals surface area contributed by atoms with E-state index in [1.54, 1.807) is 29.2 Å². The lowest BCUT2D eigenvalue weighted by Gasteiger charge is -2.33. The van der Waals surface area contributed by atoms with Gasteiger partial charge in [0.1, 0.15) is 5.75 Å². The van der Waals surface area contributed by atoms with Gasteiger partial charge in [0, 0.05) is 18.3 Å². The SMILES string of the molecule is COc1cccc(NC(=O)CN2CCC[C@H](C(F)(F)F)C2)c1. The van der Waals surface area contributed by atoms with E-state index < -0.39 is 12.1 Å². The third-order valence-corrected chi connectivity index (χ3v) is 3.69. The first kappa shape index (κ1) is 16.6. The molecule has 1 aromatic carbocycles. The van der Waals surface area contributed by atoms with Crippen LogP contribution in [0.25, 0.3) is 0 Å². The molecule has 0 spiro atoms. The summed E-state index contributed by atoms with van der Waals surface area (Å²) in [5.74, 6) is -1.06. The number of carbonyl (C=O) groups excluding carboxylic acids is 1. The molecule has 2 rings (SSSR count). The van der Waals surface area contributed by atoms with Crippen molar-refractivity contribution in [3.8, 4) is 5.75 Å². The maximum atomic E-state index is 12.7. The predicted molar refractivity (Wildman–Crippen MR) is 76.8 cm³/mol.